The second-order valence-electron chi connectivity index (χ2n) is 3.38. The van der Waals surface area contributed by atoms with Crippen LogP contribution < -0.4 is 4.57 Å². The van der Waals surface area contributed by atoms with Crippen LogP contribution in [0.1, 0.15) is 25.6 Å². The van der Waals surface area contributed by atoms with Gasteiger partial charge in [0.05, 0.1) is 7.05 Å². The van der Waals surface area contributed by atoms with E-state index >= 15 is 0 Å². The van der Waals surface area contributed by atoms with E-state index in [0.29, 0.717) is 12.2 Å². The Balaban J connectivity index is 2.63. The van der Waals surface area contributed by atoms with Gasteiger partial charge in [-0.25, -0.2) is 4.57 Å². The van der Waals surface area contributed by atoms with Gasteiger partial charge in [-0.3, -0.25) is 4.79 Å². The molecule has 0 aromatic carbocycles. The van der Waals surface area contributed by atoms with E-state index < -0.39 is 0 Å². The molecule has 0 fully saturated rings. The number of aryl methyl sites for hydroxylation is 1. The number of carbonyl (C=O) groups is 1. The second kappa shape index (κ2) is 5.89. The number of imidazole rings is 1. The first-order valence-electron chi connectivity index (χ1n) is 5.06. The van der Waals surface area contributed by atoms with Crippen LogP contribution in [0.4, 0.5) is 0 Å². The molecule has 0 unspecified atom stereocenters. The molecule has 1 rings (SSSR count). The van der Waals surface area contributed by atoms with Gasteiger partial charge in [-0.15, -0.1) is 0 Å². The van der Waals surface area contributed by atoms with Crippen molar-refractivity contribution in [2.75, 3.05) is 0 Å². The summed E-state index contributed by atoms with van der Waals surface area (Å²) in [6, 6.07) is 0. The van der Waals surface area contributed by atoms with Crippen LogP contribution in [0, 0.1) is 0 Å². The molecule has 0 amide bonds. The van der Waals surface area contributed by atoms with Crippen molar-refractivity contribution in [3.63, 3.8) is 0 Å². The van der Waals surface area contributed by atoms with Crippen LogP contribution in [0.15, 0.2) is 17.5 Å². The third-order valence-electron chi connectivity index (χ3n) is 2.12. The number of ether oxygens (including phenoxy) is 1. The van der Waals surface area contributed by atoms with E-state index in [1.165, 1.54) is 6.21 Å². The van der Waals surface area contributed by atoms with Gasteiger partial charge in [0.15, 0.2) is 6.21 Å². The van der Waals surface area contributed by atoms with Gasteiger partial charge in [-0.1, -0.05) is 12.1 Å². The van der Waals surface area contributed by atoms with Crippen LogP contribution >= 0.6 is 0 Å². The first-order chi connectivity index (χ1) is 7.69. The minimum Gasteiger partial charge on any atom is -0.425 e. The Bertz CT molecular complexity index is 385. The lowest BCUT2D eigenvalue weighted by Crippen LogP contribution is -2.32. The highest BCUT2D eigenvalue weighted by Gasteiger charge is 2.13. The fourth-order valence-corrected chi connectivity index (χ4v) is 1.28. The first-order valence-corrected chi connectivity index (χ1v) is 5.06. The first kappa shape index (κ1) is 12.2. The molecule has 0 atom stereocenters. The van der Waals surface area contributed by atoms with Gasteiger partial charge in [-0.2, -0.15) is 4.57 Å². The van der Waals surface area contributed by atoms with Gasteiger partial charge in [0.1, 0.15) is 12.4 Å². The van der Waals surface area contributed by atoms with Crippen LogP contribution in [0.3, 0.4) is 0 Å². The number of rotatable bonds is 5. The number of nitrogens with zero attached hydrogens (tertiary/aromatic N) is 3. The molecule has 16 heavy (non-hydrogen) atoms. The molecule has 0 aliphatic rings. The van der Waals surface area contributed by atoms with Crippen molar-refractivity contribution < 1.29 is 19.3 Å². The van der Waals surface area contributed by atoms with Gasteiger partial charge in [0.2, 0.25) is 6.73 Å². The van der Waals surface area contributed by atoms with Gasteiger partial charge in [-0.05, 0) is 6.42 Å². The Morgan fingerprint density at radius 2 is 2.50 bits per heavy atom. The molecule has 0 saturated carbocycles. The number of carbonyl (C=O) groups excluding carboxylic acids is 1. The molecular weight excluding hydrogens is 210 g/mol. The monoisotopic (exact) mass is 226 g/mol. The van der Waals surface area contributed by atoms with Gasteiger partial charge >= 0.3 is 11.8 Å². The third-order valence-corrected chi connectivity index (χ3v) is 2.12. The van der Waals surface area contributed by atoms with Gasteiger partial charge < -0.3 is 9.94 Å². The van der Waals surface area contributed by atoms with Gasteiger partial charge in [0.25, 0.3) is 0 Å². The molecular formula is C10H16N3O3+. The van der Waals surface area contributed by atoms with Crippen molar-refractivity contribution in [3.05, 3.63) is 18.2 Å². The Morgan fingerprint density at radius 1 is 1.75 bits per heavy atom. The van der Waals surface area contributed by atoms with E-state index in [-0.39, 0.29) is 12.7 Å². The summed E-state index contributed by atoms with van der Waals surface area (Å²) in [5.41, 5.74) is 0. The number of oxime groups is 1. The average molecular weight is 226 g/mol. The predicted octanol–water partition coefficient (Wildman–Crippen LogP) is 0.421. The zero-order valence-electron chi connectivity index (χ0n) is 9.46. The summed E-state index contributed by atoms with van der Waals surface area (Å²) in [6.07, 6.45) is 5.99. The largest absolute Gasteiger partial charge is 0.425 e. The SMILES string of the molecule is CCCC(=O)OCn1cc[n+](C)c1/C=N/O. The lowest BCUT2D eigenvalue weighted by Gasteiger charge is -2.01. The molecule has 1 aromatic heterocycles. The summed E-state index contributed by atoms with van der Waals surface area (Å²) in [6.45, 7) is 2.04. The van der Waals surface area contributed by atoms with Crippen LogP contribution in [0.2, 0.25) is 0 Å². The summed E-state index contributed by atoms with van der Waals surface area (Å²) < 4.78 is 8.47. The Morgan fingerprint density at radius 3 is 3.12 bits per heavy atom. The maximum atomic E-state index is 11.2. The maximum Gasteiger partial charge on any atom is 0.308 e. The molecule has 0 saturated heterocycles. The van der Waals surface area contributed by atoms with Crippen LogP contribution in [-0.4, -0.2) is 22.0 Å². The number of aromatic nitrogens is 2. The van der Waals surface area contributed by atoms with Crippen molar-refractivity contribution in [1.82, 2.24) is 4.57 Å². The molecule has 1 aromatic rings. The molecule has 0 radical (unpaired) electrons. The summed E-state index contributed by atoms with van der Waals surface area (Å²) in [5.74, 6) is 0.414. The Hall–Kier alpha value is -1.85. The lowest BCUT2D eigenvalue weighted by molar-refractivity contribution is -0.672. The molecule has 6 heteroatoms. The molecule has 0 bridgehead atoms. The molecule has 0 spiro atoms. The molecule has 6 nitrogen and oxygen atoms in total. The van der Waals surface area contributed by atoms with E-state index in [0.717, 1.165) is 6.42 Å². The number of hydrogen-bond donors (Lipinski definition) is 1. The van der Waals surface area contributed by atoms with E-state index in [1.807, 2.05) is 6.92 Å². The van der Waals surface area contributed by atoms with Crippen LogP contribution in [-0.2, 0) is 23.3 Å². The molecule has 0 aliphatic heterocycles. The highest BCUT2D eigenvalue weighted by atomic mass is 16.5. The smallest absolute Gasteiger partial charge is 0.308 e. The van der Waals surface area contributed by atoms with E-state index in [1.54, 1.807) is 28.6 Å². The van der Waals surface area contributed by atoms with Crippen molar-refractivity contribution >= 4 is 12.2 Å². The number of esters is 1. The summed E-state index contributed by atoms with van der Waals surface area (Å²) in [7, 11) is 1.81. The van der Waals surface area contributed by atoms with Crippen LogP contribution in [0.5, 0.6) is 0 Å². The average Bonchev–Trinajstić information content (AvgIpc) is 2.59. The lowest BCUT2D eigenvalue weighted by atomic mass is 10.3. The molecule has 1 heterocycles. The zero-order valence-corrected chi connectivity index (χ0v) is 9.46. The Labute approximate surface area is 93.8 Å². The molecule has 1 N–H and O–H groups in total. The maximum absolute atomic E-state index is 11.2. The molecule has 88 valence electrons. The fourth-order valence-electron chi connectivity index (χ4n) is 1.28. The number of hydrogen-bond acceptors (Lipinski definition) is 4. The van der Waals surface area contributed by atoms with Crippen molar-refractivity contribution in [2.24, 2.45) is 12.2 Å². The minimum atomic E-state index is -0.231. The summed E-state index contributed by atoms with van der Waals surface area (Å²) >= 11 is 0. The van der Waals surface area contributed by atoms with E-state index in [2.05, 4.69) is 5.16 Å². The van der Waals surface area contributed by atoms with E-state index in [9.17, 15) is 4.79 Å². The van der Waals surface area contributed by atoms with Crippen molar-refractivity contribution in [1.29, 1.82) is 0 Å². The molecule has 0 aliphatic carbocycles. The van der Waals surface area contributed by atoms with Gasteiger partial charge in [0, 0.05) is 6.42 Å². The summed E-state index contributed by atoms with van der Waals surface area (Å²) in [5, 5.41) is 11.4. The van der Waals surface area contributed by atoms with Crippen molar-refractivity contribution in [2.45, 2.75) is 26.5 Å². The highest BCUT2D eigenvalue weighted by molar-refractivity contribution is 5.72. The minimum absolute atomic E-state index is 0.126. The standard InChI is InChI=1S/C10H15N3O3/c1-3-4-10(14)16-8-13-6-5-12(2)9(13)7-11-15/h5-7H,3-4,8H2,1-2H3/p+1. The predicted molar refractivity (Wildman–Crippen MR) is 56.0 cm³/mol. The van der Waals surface area contributed by atoms with Crippen LogP contribution in [0.25, 0.3) is 0 Å². The topological polar surface area (TPSA) is 67.7 Å². The summed E-state index contributed by atoms with van der Waals surface area (Å²) in [4.78, 5) is 11.2. The van der Waals surface area contributed by atoms with E-state index in [4.69, 9.17) is 9.94 Å². The zero-order chi connectivity index (χ0) is 12.0. The third kappa shape index (κ3) is 3.08. The fraction of sp³-hybridized carbons (Fsp3) is 0.500. The van der Waals surface area contributed by atoms with Crippen molar-refractivity contribution in [3.8, 4) is 0 Å². The Kier molecular flexibility index (Phi) is 4.50. The second-order valence-corrected chi connectivity index (χ2v) is 3.38. The normalized spacial score (nSPS) is 10.9. The quantitative estimate of drug-likeness (QED) is 0.260. The highest BCUT2D eigenvalue weighted by Crippen LogP contribution is 1.97.